The van der Waals surface area contributed by atoms with Crippen LogP contribution in [0.15, 0.2) is 77.6 Å². The summed E-state index contributed by atoms with van der Waals surface area (Å²) in [4.78, 5) is 23.3. The van der Waals surface area contributed by atoms with E-state index in [-0.39, 0.29) is 23.1 Å². The summed E-state index contributed by atoms with van der Waals surface area (Å²) in [6, 6.07) is 22.7. The summed E-state index contributed by atoms with van der Waals surface area (Å²) in [5.41, 5.74) is 2.10. The van der Waals surface area contributed by atoms with Gasteiger partial charge in [-0.25, -0.2) is 5.10 Å². The van der Waals surface area contributed by atoms with E-state index in [1.807, 2.05) is 60.7 Å². The Morgan fingerprint density at radius 2 is 1.50 bits per heavy atom. The third kappa shape index (κ3) is 3.76. The molecule has 0 aliphatic heterocycles. The lowest BCUT2D eigenvalue weighted by Gasteiger charge is -2.18. The number of nitrogens with one attached hydrogen (secondary N) is 2. The first-order valence-corrected chi connectivity index (χ1v) is 7.68. The molecule has 24 heavy (non-hydrogen) atoms. The highest BCUT2D eigenvalue weighted by molar-refractivity contribution is 5.92. The van der Waals surface area contributed by atoms with Gasteiger partial charge in [0.2, 0.25) is 0 Å². The zero-order valence-electron chi connectivity index (χ0n) is 13.0. The van der Waals surface area contributed by atoms with Crippen LogP contribution in [0.4, 0.5) is 0 Å². The molecule has 1 aromatic heterocycles. The normalized spacial score (nSPS) is 10.5. The molecule has 0 aliphatic rings. The van der Waals surface area contributed by atoms with Crippen LogP contribution >= 0.6 is 0 Å². The highest BCUT2D eigenvalue weighted by Gasteiger charge is 2.16. The van der Waals surface area contributed by atoms with Gasteiger partial charge < -0.3 is 5.32 Å². The maximum Gasteiger partial charge on any atom is 0.271 e. The lowest BCUT2D eigenvalue weighted by Crippen LogP contribution is -2.30. The molecule has 3 aromatic rings. The summed E-state index contributed by atoms with van der Waals surface area (Å²) in [5.74, 6) is -0.276. The van der Waals surface area contributed by atoms with Crippen molar-refractivity contribution in [2.75, 3.05) is 6.54 Å². The molecule has 120 valence electrons. The molecule has 1 amide bonds. The van der Waals surface area contributed by atoms with Crippen LogP contribution in [0.2, 0.25) is 0 Å². The number of aromatic amines is 1. The van der Waals surface area contributed by atoms with E-state index in [1.165, 1.54) is 12.1 Å². The van der Waals surface area contributed by atoms with Crippen molar-refractivity contribution >= 4 is 5.91 Å². The van der Waals surface area contributed by atoms with Crippen molar-refractivity contribution in [2.24, 2.45) is 0 Å². The second-order valence-corrected chi connectivity index (χ2v) is 5.39. The number of carbonyl (C=O) groups is 1. The van der Waals surface area contributed by atoms with Gasteiger partial charge in [0.1, 0.15) is 5.69 Å². The third-order valence-corrected chi connectivity index (χ3v) is 3.78. The van der Waals surface area contributed by atoms with Crippen LogP contribution in [0.5, 0.6) is 0 Å². The number of nitrogens with zero attached hydrogens (tertiary/aromatic N) is 1. The smallest absolute Gasteiger partial charge is 0.271 e. The third-order valence-electron chi connectivity index (χ3n) is 3.78. The van der Waals surface area contributed by atoms with E-state index in [0.29, 0.717) is 6.54 Å². The fourth-order valence-electron chi connectivity index (χ4n) is 2.56. The topological polar surface area (TPSA) is 74.8 Å². The number of hydrogen-bond acceptors (Lipinski definition) is 3. The van der Waals surface area contributed by atoms with E-state index in [1.54, 1.807) is 0 Å². The van der Waals surface area contributed by atoms with Gasteiger partial charge in [-0.05, 0) is 17.2 Å². The Morgan fingerprint density at radius 1 is 0.917 bits per heavy atom. The first-order valence-electron chi connectivity index (χ1n) is 7.68. The quantitative estimate of drug-likeness (QED) is 0.758. The number of benzene rings is 2. The van der Waals surface area contributed by atoms with Gasteiger partial charge in [-0.1, -0.05) is 60.7 Å². The molecule has 2 aromatic carbocycles. The van der Waals surface area contributed by atoms with Crippen LogP contribution in [-0.2, 0) is 0 Å². The Bertz CT molecular complexity index is 801. The monoisotopic (exact) mass is 319 g/mol. The maximum atomic E-state index is 12.2. The van der Waals surface area contributed by atoms with Crippen molar-refractivity contribution < 1.29 is 4.79 Å². The molecule has 0 bridgehead atoms. The predicted octanol–water partition coefficient (Wildman–Crippen LogP) is 2.33. The fraction of sp³-hybridized carbons (Fsp3) is 0.105. The van der Waals surface area contributed by atoms with E-state index < -0.39 is 0 Å². The number of aromatic nitrogens is 2. The molecule has 5 heteroatoms. The molecule has 2 N–H and O–H groups in total. The van der Waals surface area contributed by atoms with Gasteiger partial charge in [-0.15, -0.1) is 0 Å². The van der Waals surface area contributed by atoms with E-state index >= 15 is 0 Å². The lowest BCUT2D eigenvalue weighted by molar-refractivity contribution is 0.0946. The highest BCUT2D eigenvalue weighted by Crippen LogP contribution is 2.23. The Balaban J connectivity index is 1.79. The second kappa shape index (κ2) is 7.37. The second-order valence-electron chi connectivity index (χ2n) is 5.39. The first-order chi connectivity index (χ1) is 11.7. The van der Waals surface area contributed by atoms with Crippen molar-refractivity contribution in [1.29, 1.82) is 0 Å². The molecule has 0 unspecified atom stereocenters. The molecule has 0 saturated carbocycles. The standard InChI is InChI=1S/C19H17N3O2/c23-18-12-11-17(21-22-18)19(24)20-13-16(14-7-3-1-4-8-14)15-9-5-2-6-10-15/h1-12,16H,13H2,(H,20,24)(H,22,23). The summed E-state index contributed by atoms with van der Waals surface area (Å²) >= 11 is 0. The van der Waals surface area contributed by atoms with Gasteiger partial charge in [-0.2, -0.15) is 5.10 Å². The Hall–Kier alpha value is -3.21. The molecular weight excluding hydrogens is 302 g/mol. The number of amides is 1. The summed E-state index contributed by atoms with van der Waals surface area (Å²) in [7, 11) is 0. The van der Waals surface area contributed by atoms with Crippen LogP contribution in [-0.4, -0.2) is 22.6 Å². The van der Waals surface area contributed by atoms with E-state index in [2.05, 4.69) is 15.5 Å². The van der Waals surface area contributed by atoms with Crippen molar-refractivity contribution in [3.05, 3.63) is 100.0 Å². The molecule has 0 atom stereocenters. The number of rotatable bonds is 5. The van der Waals surface area contributed by atoms with Crippen LogP contribution in [0.25, 0.3) is 0 Å². The zero-order valence-corrected chi connectivity index (χ0v) is 13.0. The molecule has 1 heterocycles. The van der Waals surface area contributed by atoms with Crippen LogP contribution < -0.4 is 10.9 Å². The first kappa shape index (κ1) is 15.7. The average Bonchev–Trinajstić information content (AvgIpc) is 2.64. The summed E-state index contributed by atoms with van der Waals surface area (Å²) in [5, 5.41) is 8.91. The Morgan fingerprint density at radius 3 is 2.00 bits per heavy atom. The SMILES string of the molecule is O=C(NCC(c1ccccc1)c1ccccc1)c1ccc(=O)[nH]n1. The fourth-order valence-corrected chi connectivity index (χ4v) is 2.56. The van der Waals surface area contributed by atoms with Gasteiger partial charge in [-0.3, -0.25) is 9.59 Å². The molecular formula is C19H17N3O2. The molecule has 0 fully saturated rings. The minimum Gasteiger partial charge on any atom is -0.350 e. The van der Waals surface area contributed by atoms with Crippen molar-refractivity contribution in [3.8, 4) is 0 Å². The lowest BCUT2D eigenvalue weighted by atomic mass is 9.91. The Labute approximate surface area is 139 Å². The molecule has 0 aliphatic carbocycles. The van der Waals surface area contributed by atoms with Crippen LogP contribution in [0.3, 0.4) is 0 Å². The number of H-pyrrole nitrogens is 1. The van der Waals surface area contributed by atoms with Crippen molar-refractivity contribution in [3.63, 3.8) is 0 Å². The van der Waals surface area contributed by atoms with Gasteiger partial charge in [0.25, 0.3) is 11.5 Å². The van der Waals surface area contributed by atoms with Gasteiger partial charge in [0.05, 0.1) is 0 Å². The largest absolute Gasteiger partial charge is 0.350 e. The van der Waals surface area contributed by atoms with E-state index in [4.69, 9.17) is 0 Å². The van der Waals surface area contributed by atoms with Crippen molar-refractivity contribution in [2.45, 2.75) is 5.92 Å². The maximum absolute atomic E-state index is 12.2. The summed E-state index contributed by atoms with van der Waals surface area (Å²) in [6.45, 7) is 0.438. The summed E-state index contributed by atoms with van der Waals surface area (Å²) < 4.78 is 0. The Kier molecular flexibility index (Phi) is 4.81. The average molecular weight is 319 g/mol. The highest BCUT2D eigenvalue weighted by atomic mass is 16.2. The van der Waals surface area contributed by atoms with Gasteiger partial charge in [0.15, 0.2) is 0 Å². The predicted molar refractivity (Wildman–Crippen MR) is 91.9 cm³/mol. The van der Waals surface area contributed by atoms with Gasteiger partial charge in [0, 0.05) is 18.5 Å². The van der Waals surface area contributed by atoms with Gasteiger partial charge >= 0.3 is 0 Å². The molecule has 5 nitrogen and oxygen atoms in total. The molecule has 0 saturated heterocycles. The minimum absolute atomic E-state index is 0.0408. The molecule has 0 spiro atoms. The zero-order chi connectivity index (χ0) is 16.8. The van der Waals surface area contributed by atoms with E-state index in [0.717, 1.165) is 11.1 Å². The van der Waals surface area contributed by atoms with Crippen LogP contribution in [0, 0.1) is 0 Å². The number of carbonyl (C=O) groups excluding carboxylic acids is 1. The molecule has 0 radical (unpaired) electrons. The van der Waals surface area contributed by atoms with Crippen LogP contribution in [0.1, 0.15) is 27.5 Å². The number of hydrogen-bond donors (Lipinski definition) is 2. The van der Waals surface area contributed by atoms with E-state index in [9.17, 15) is 9.59 Å². The van der Waals surface area contributed by atoms with Crippen molar-refractivity contribution in [1.82, 2.24) is 15.5 Å². The molecule has 3 rings (SSSR count). The summed E-state index contributed by atoms with van der Waals surface area (Å²) in [6.07, 6.45) is 0. The minimum atomic E-state index is -0.335.